The van der Waals surface area contributed by atoms with Gasteiger partial charge in [-0.1, -0.05) is 6.07 Å². The number of carbonyl (C=O) groups excluding carboxylic acids is 1. The van der Waals surface area contributed by atoms with Crippen LogP contribution in [-0.2, 0) is 11.3 Å². The summed E-state index contributed by atoms with van der Waals surface area (Å²) in [7, 11) is 0. The Hall–Kier alpha value is -2.48. The number of nitrogens with zero attached hydrogens (tertiary/aromatic N) is 3. The lowest BCUT2D eigenvalue weighted by atomic mass is 10.3. The highest BCUT2D eigenvalue weighted by atomic mass is 32.1. The molecule has 0 atom stereocenters. The predicted molar refractivity (Wildman–Crippen MR) is 107 cm³/mol. The van der Waals surface area contributed by atoms with Crippen molar-refractivity contribution >= 4 is 29.0 Å². The monoisotopic (exact) mass is 374 g/mol. The van der Waals surface area contributed by atoms with Crippen LogP contribution in [0.25, 0.3) is 0 Å². The van der Waals surface area contributed by atoms with Gasteiger partial charge in [0.2, 0.25) is 5.91 Å². The van der Waals surface area contributed by atoms with Crippen molar-refractivity contribution in [3.8, 4) is 0 Å². The van der Waals surface area contributed by atoms with Crippen LogP contribution < -0.4 is 16.0 Å². The third-order valence-electron chi connectivity index (χ3n) is 3.55. The number of aliphatic imine (C=N–C) groups is 1. The zero-order valence-electron chi connectivity index (χ0n) is 15.7. The molecule has 0 aliphatic heterocycles. The van der Waals surface area contributed by atoms with Gasteiger partial charge in [-0.15, -0.1) is 11.3 Å². The number of nitrogens with one attached hydrogen (secondary N) is 3. The second kappa shape index (κ2) is 9.86. The van der Waals surface area contributed by atoms with Crippen molar-refractivity contribution in [1.82, 2.24) is 20.6 Å². The molecule has 0 fully saturated rings. The second-order valence-electron chi connectivity index (χ2n) is 5.88. The molecule has 0 aliphatic rings. The van der Waals surface area contributed by atoms with Gasteiger partial charge in [-0.3, -0.25) is 4.79 Å². The number of pyridine rings is 1. The Bertz CT molecular complexity index is 754. The lowest BCUT2D eigenvalue weighted by Crippen LogP contribution is -2.38. The van der Waals surface area contributed by atoms with Gasteiger partial charge in [0.05, 0.1) is 17.2 Å². The Balaban J connectivity index is 1.81. The molecule has 26 heavy (non-hydrogen) atoms. The summed E-state index contributed by atoms with van der Waals surface area (Å²) in [6.07, 6.45) is 2.06. The standard InChI is InChI=1S/C18H26N6OS/c1-5-19-18(22-11-15-13(3)23-14(4)26-15)20-9-8-17(25)24-16-7-6-12(2)10-21-16/h6-7,10H,5,8-9,11H2,1-4H3,(H2,19,20,22)(H,21,24,25). The first-order valence-corrected chi connectivity index (χ1v) is 9.47. The van der Waals surface area contributed by atoms with Crippen LogP contribution in [0.2, 0.25) is 0 Å². The van der Waals surface area contributed by atoms with E-state index in [0.717, 1.165) is 27.7 Å². The minimum atomic E-state index is -0.0846. The van der Waals surface area contributed by atoms with E-state index in [1.165, 1.54) is 0 Å². The highest BCUT2D eigenvalue weighted by Crippen LogP contribution is 2.17. The number of guanidine groups is 1. The zero-order chi connectivity index (χ0) is 18.9. The van der Waals surface area contributed by atoms with Crippen LogP contribution in [0, 0.1) is 20.8 Å². The summed E-state index contributed by atoms with van der Waals surface area (Å²) in [4.78, 5) is 26.3. The van der Waals surface area contributed by atoms with Crippen LogP contribution in [0.15, 0.2) is 23.3 Å². The number of aryl methyl sites for hydroxylation is 3. The summed E-state index contributed by atoms with van der Waals surface area (Å²) in [5.41, 5.74) is 2.08. The predicted octanol–water partition coefficient (Wildman–Crippen LogP) is 2.55. The van der Waals surface area contributed by atoms with Crippen molar-refractivity contribution in [3.63, 3.8) is 0 Å². The molecule has 3 N–H and O–H groups in total. The lowest BCUT2D eigenvalue weighted by molar-refractivity contribution is -0.116. The number of carbonyl (C=O) groups is 1. The molecule has 0 saturated carbocycles. The molecule has 140 valence electrons. The summed E-state index contributed by atoms with van der Waals surface area (Å²) in [6, 6.07) is 3.71. The van der Waals surface area contributed by atoms with Gasteiger partial charge >= 0.3 is 0 Å². The number of thiazole rings is 1. The van der Waals surface area contributed by atoms with Gasteiger partial charge in [0, 0.05) is 30.6 Å². The molecule has 2 aromatic heterocycles. The van der Waals surface area contributed by atoms with Crippen molar-refractivity contribution in [3.05, 3.63) is 39.5 Å². The molecule has 0 radical (unpaired) electrons. The largest absolute Gasteiger partial charge is 0.357 e. The number of aromatic nitrogens is 2. The average molecular weight is 375 g/mol. The number of hydrogen-bond acceptors (Lipinski definition) is 5. The van der Waals surface area contributed by atoms with Gasteiger partial charge in [-0.05, 0) is 39.3 Å². The first-order valence-electron chi connectivity index (χ1n) is 8.65. The maximum Gasteiger partial charge on any atom is 0.227 e. The molecule has 7 nitrogen and oxygen atoms in total. The minimum absolute atomic E-state index is 0.0846. The zero-order valence-corrected chi connectivity index (χ0v) is 16.5. The Kier molecular flexibility index (Phi) is 7.53. The molecule has 2 heterocycles. The van der Waals surface area contributed by atoms with E-state index in [1.54, 1.807) is 23.6 Å². The van der Waals surface area contributed by atoms with Gasteiger partial charge in [-0.25, -0.2) is 15.0 Å². The Morgan fingerprint density at radius 3 is 2.65 bits per heavy atom. The third-order valence-corrected chi connectivity index (χ3v) is 4.61. The molecule has 1 amide bonds. The van der Waals surface area contributed by atoms with Crippen LogP contribution in [0.5, 0.6) is 0 Å². The molecule has 0 aromatic carbocycles. The van der Waals surface area contributed by atoms with Crippen molar-refractivity contribution in [2.24, 2.45) is 4.99 Å². The van der Waals surface area contributed by atoms with Gasteiger partial charge in [0.25, 0.3) is 0 Å². The highest BCUT2D eigenvalue weighted by molar-refractivity contribution is 7.11. The number of anilines is 1. The summed E-state index contributed by atoms with van der Waals surface area (Å²) in [6.45, 7) is 9.78. The Morgan fingerprint density at radius 1 is 1.23 bits per heavy atom. The van der Waals surface area contributed by atoms with E-state index >= 15 is 0 Å². The molecule has 0 spiro atoms. The van der Waals surface area contributed by atoms with E-state index < -0.39 is 0 Å². The number of amides is 1. The highest BCUT2D eigenvalue weighted by Gasteiger charge is 2.06. The van der Waals surface area contributed by atoms with Gasteiger partial charge in [-0.2, -0.15) is 0 Å². The first-order chi connectivity index (χ1) is 12.5. The van der Waals surface area contributed by atoms with E-state index in [2.05, 4.69) is 30.9 Å². The Morgan fingerprint density at radius 2 is 2.04 bits per heavy atom. The molecule has 0 aliphatic carbocycles. The molecule has 0 bridgehead atoms. The Labute approximate surface area is 158 Å². The van der Waals surface area contributed by atoms with Crippen molar-refractivity contribution < 1.29 is 4.79 Å². The van der Waals surface area contributed by atoms with Crippen LogP contribution in [0.4, 0.5) is 5.82 Å². The molecule has 0 saturated heterocycles. The van der Waals surface area contributed by atoms with E-state index in [9.17, 15) is 4.79 Å². The van der Waals surface area contributed by atoms with Gasteiger partial charge in [0.15, 0.2) is 5.96 Å². The van der Waals surface area contributed by atoms with E-state index in [0.29, 0.717) is 31.3 Å². The SMILES string of the molecule is CCNC(=NCc1sc(C)nc1C)NCCC(=O)Nc1ccc(C)cn1. The fraction of sp³-hybridized carbons (Fsp3) is 0.444. The third kappa shape index (κ3) is 6.44. The molecule has 2 aromatic rings. The number of hydrogen-bond donors (Lipinski definition) is 3. The molecule has 2 rings (SSSR count). The van der Waals surface area contributed by atoms with Crippen LogP contribution in [-0.4, -0.2) is 34.9 Å². The van der Waals surface area contributed by atoms with Crippen molar-refractivity contribution in [2.45, 2.75) is 40.7 Å². The molecule has 0 unspecified atom stereocenters. The molecule has 8 heteroatoms. The topological polar surface area (TPSA) is 91.3 Å². The van der Waals surface area contributed by atoms with Crippen molar-refractivity contribution in [1.29, 1.82) is 0 Å². The first kappa shape index (κ1) is 19.8. The van der Waals surface area contributed by atoms with Crippen molar-refractivity contribution in [2.75, 3.05) is 18.4 Å². The summed E-state index contributed by atoms with van der Waals surface area (Å²) in [5, 5.41) is 10.2. The minimum Gasteiger partial charge on any atom is -0.357 e. The number of rotatable bonds is 7. The second-order valence-corrected chi connectivity index (χ2v) is 7.17. The molecular weight excluding hydrogens is 348 g/mol. The van der Waals surface area contributed by atoms with E-state index in [4.69, 9.17) is 0 Å². The average Bonchev–Trinajstić information content (AvgIpc) is 2.92. The summed E-state index contributed by atoms with van der Waals surface area (Å²) >= 11 is 1.66. The van der Waals surface area contributed by atoms with Gasteiger partial charge in [0.1, 0.15) is 5.82 Å². The normalized spacial score (nSPS) is 11.3. The van der Waals surface area contributed by atoms with E-state index in [-0.39, 0.29) is 5.91 Å². The van der Waals surface area contributed by atoms with Crippen LogP contribution in [0.3, 0.4) is 0 Å². The fourth-order valence-corrected chi connectivity index (χ4v) is 3.12. The lowest BCUT2D eigenvalue weighted by Gasteiger charge is -2.11. The smallest absolute Gasteiger partial charge is 0.227 e. The maximum atomic E-state index is 12.0. The quantitative estimate of drug-likeness (QED) is 0.512. The maximum absolute atomic E-state index is 12.0. The summed E-state index contributed by atoms with van der Waals surface area (Å²) < 4.78 is 0. The van der Waals surface area contributed by atoms with Crippen LogP contribution >= 0.6 is 11.3 Å². The fourth-order valence-electron chi connectivity index (χ4n) is 2.25. The van der Waals surface area contributed by atoms with Gasteiger partial charge < -0.3 is 16.0 Å². The van der Waals surface area contributed by atoms with E-state index in [1.807, 2.05) is 33.8 Å². The summed E-state index contributed by atoms with van der Waals surface area (Å²) in [5.74, 6) is 1.18. The molecular formula is C18H26N6OS. The van der Waals surface area contributed by atoms with Crippen LogP contribution in [0.1, 0.15) is 34.5 Å².